The number of Topliss-reactive ketones (excluding diaryl/α,β-unsaturated/α-hetero) is 1. The summed E-state index contributed by atoms with van der Waals surface area (Å²) >= 11 is 0. The molecule has 0 atom stereocenters. The number of carbonyl (C=O) groups is 2. The van der Waals surface area contributed by atoms with Crippen LogP contribution in [0, 0.1) is 5.82 Å². The average Bonchev–Trinajstić information content (AvgIpc) is 2.77. The van der Waals surface area contributed by atoms with E-state index >= 15 is 0 Å². The zero-order chi connectivity index (χ0) is 20.6. The summed E-state index contributed by atoms with van der Waals surface area (Å²) < 4.78 is 23.6. The molecule has 0 aliphatic heterocycles. The van der Waals surface area contributed by atoms with Crippen LogP contribution in [-0.4, -0.2) is 25.5 Å². The molecule has 0 saturated heterocycles. The normalized spacial score (nSPS) is 11.0. The molecule has 3 aromatic carbocycles. The molecule has 3 aromatic rings. The Bertz CT molecular complexity index is 1020. The molecular formula is C24H19FO4. The molecule has 0 bridgehead atoms. The molecule has 29 heavy (non-hydrogen) atoms. The van der Waals surface area contributed by atoms with E-state index in [1.54, 1.807) is 31.4 Å². The van der Waals surface area contributed by atoms with E-state index < -0.39 is 24.2 Å². The van der Waals surface area contributed by atoms with Crippen molar-refractivity contribution in [1.29, 1.82) is 0 Å². The number of halogens is 1. The Morgan fingerprint density at radius 2 is 1.52 bits per heavy atom. The van der Waals surface area contributed by atoms with Crippen LogP contribution < -0.4 is 4.74 Å². The van der Waals surface area contributed by atoms with E-state index in [9.17, 15) is 14.0 Å². The maximum Gasteiger partial charge on any atom is 0.339 e. The summed E-state index contributed by atoms with van der Waals surface area (Å²) in [6, 6.07) is 21.4. The molecule has 0 N–H and O–H groups in total. The number of methoxy groups -OCH3 is 1. The Kier molecular flexibility index (Phi) is 6.53. The maximum absolute atomic E-state index is 13.0. The van der Waals surface area contributed by atoms with E-state index in [0.29, 0.717) is 22.4 Å². The summed E-state index contributed by atoms with van der Waals surface area (Å²) in [5.74, 6) is -0.888. The molecule has 0 unspecified atom stereocenters. The van der Waals surface area contributed by atoms with Gasteiger partial charge in [0.2, 0.25) is 0 Å². The maximum atomic E-state index is 13.0. The van der Waals surface area contributed by atoms with Crippen molar-refractivity contribution in [3.63, 3.8) is 0 Å². The summed E-state index contributed by atoms with van der Waals surface area (Å²) in [5, 5.41) is 0. The molecule has 0 radical (unpaired) electrons. The molecule has 0 spiro atoms. The number of hydrogen-bond acceptors (Lipinski definition) is 4. The topological polar surface area (TPSA) is 52.6 Å². The van der Waals surface area contributed by atoms with Crippen LogP contribution in [0.3, 0.4) is 0 Å². The van der Waals surface area contributed by atoms with Gasteiger partial charge < -0.3 is 9.47 Å². The quantitative estimate of drug-likeness (QED) is 0.252. The first kappa shape index (κ1) is 20.0. The van der Waals surface area contributed by atoms with E-state index in [-0.39, 0.29) is 5.56 Å². The average molecular weight is 390 g/mol. The molecule has 0 aromatic heterocycles. The minimum Gasteiger partial charge on any atom is -0.496 e. The van der Waals surface area contributed by atoms with Crippen LogP contribution in [0.25, 0.3) is 11.6 Å². The van der Waals surface area contributed by atoms with E-state index in [2.05, 4.69) is 0 Å². The summed E-state index contributed by atoms with van der Waals surface area (Å²) in [7, 11) is 1.55. The molecule has 0 saturated carbocycles. The minimum atomic E-state index is -0.641. The lowest BCUT2D eigenvalue weighted by Crippen LogP contribution is -2.15. The van der Waals surface area contributed by atoms with Crippen LogP contribution in [0.15, 0.2) is 78.9 Å². The number of rotatable bonds is 7. The second kappa shape index (κ2) is 9.46. The number of esters is 1. The first-order valence-corrected chi connectivity index (χ1v) is 8.94. The largest absolute Gasteiger partial charge is 0.496 e. The smallest absolute Gasteiger partial charge is 0.339 e. The fourth-order valence-corrected chi connectivity index (χ4v) is 2.75. The lowest BCUT2D eigenvalue weighted by molar-refractivity contribution is -0.135. The minimum absolute atomic E-state index is 0.272. The van der Waals surface area contributed by atoms with Gasteiger partial charge in [-0.25, -0.2) is 9.18 Å². The van der Waals surface area contributed by atoms with Crippen molar-refractivity contribution in [3.05, 3.63) is 101 Å². The summed E-state index contributed by atoms with van der Waals surface area (Å²) in [6.07, 6.45) is 1.67. The SMILES string of the molecule is COc1ccccc1C=C(C(=O)OCC(=O)c1ccc(F)cc1)c1ccccc1. The van der Waals surface area contributed by atoms with E-state index in [1.807, 2.05) is 36.4 Å². The van der Waals surface area contributed by atoms with Crippen molar-refractivity contribution in [2.24, 2.45) is 0 Å². The van der Waals surface area contributed by atoms with E-state index in [0.717, 1.165) is 0 Å². The van der Waals surface area contributed by atoms with Crippen molar-refractivity contribution >= 4 is 23.4 Å². The van der Waals surface area contributed by atoms with Gasteiger partial charge in [0.1, 0.15) is 11.6 Å². The zero-order valence-corrected chi connectivity index (χ0v) is 15.8. The third-order valence-corrected chi connectivity index (χ3v) is 4.24. The van der Waals surface area contributed by atoms with Gasteiger partial charge in [0.25, 0.3) is 0 Å². The third-order valence-electron chi connectivity index (χ3n) is 4.24. The Morgan fingerprint density at radius 1 is 0.862 bits per heavy atom. The van der Waals surface area contributed by atoms with Crippen molar-refractivity contribution in [1.82, 2.24) is 0 Å². The van der Waals surface area contributed by atoms with Gasteiger partial charge in [0.05, 0.1) is 12.7 Å². The van der Waals surface area contributed by atoms with Crippen molar-refractivity contribution in [2.45, 2.75) is 0 Å². The first-order chi connectivity index (χ1) is 14.1. The number of ketones is 1. The standard InChI is InChI=1S/C24H19FO4/c1-28-23-10-6-5-9-19(23)15-21(17-7-3-2-4-8-17)24(27)29-16-22(26)18-11-13-20(25)14-12-18/h2-15H,16H2,1H3. The number of hydrogen-bond donors (Lipinski definition) is 0. The predicted molar refractivity (Wildman–Crippen MR) is 109 cm³/mol. The third kappa shape index (κ3) is 5.17. The molecule has 0 aliphatic rings. The lowest BCUT2D eigenvalue weighted by Gasteiger charge is -2.10. The molecule has 0 fully saturated rings. The van der Waals surface area contributed by atoms with Crippen LogP contribution in [0.5, 0.6) is 5.75 Å². The molecule has 4 nitrogen and oxygen atoms in total. The molecule has 0 heterocycles. The first-order valence-electron chi connectivity index (χ1n) is 8.94. The fourth-order valence-electron chi connectivity index (χ4n) is 2.75. The van der Waals surface area contributed by atoms with Crippen LogP contribution in [0.2, 0.25) is 0 Å². The summed E-state index contributed by atoms with van der Waals surface area (Å²) in [4.78, 5) is 25.0. The van der Waals surface area contributed by atoms with Gasteiger partial charge in [-0.15, -0.1) is 0 Å². The van der Waals surface area contributed by atoms with Gasteiger partial charge in [-0.05, 0) is 42.0 Å². The Morgan fingerprint density at radius 3 is 2.21 bits per heavy atom. The van der Waals surface area contributed by atoms with Crippen LogP contribution >= 0.6 is 0 Å². The number of carbonyl (C=O) groups excluding carboxylic acids is 2. The Balaban J connectivity index is 1.84. The second-order valence-corrected chi connectivity index (χ2v) is 6.17. The van der Waals surface area contributed by atoms with E-state index in [4.69, 9.17) is 9.47 Å². The highest BCUT2D eigenvalue weighted by Crippen LogP contribution is 2.25. The van der Waals surface area contributed by atoms with Gasteiger partial charge >= 0.3 is 5.97 Å². The van der Waals surface area contributed by atoms with Gasteiger partial charge in [-0.3, -0.25) is 4.79 Å². The second-order valence-electron chi connectivity index (χ2n) is 6.17. The van der Waals surface area contributed by atoms with Crippen molar-refractivity contribution in [2.75, 3.05) is 13.7 Å². The highest BCUT2D eigenvalue weighted by molar-refractivity contribution is 6.22. The van der Waals surface area contributed by atoms with Gasteiger partial charge in [0.15, 0.2) is 12.4 Å². The predicted octanol–water partition coefficient (Wildman–Crippen LogP) is 4.80. The van der Waals surface area contributed by atoms with Crippen LogP contribution in [0.1, 0.15) is 21.5 Å². The monoisotopic (exact) mass is 390 g/mol. The fraction of sp³-hybridized carbons (Fsp3) is 0.0833. The Hall–Kier alpha value is -3.73. The van der Waals surface area contributed by atoms with Crippen molar-refractivity contribution in [3.8, 4) is 5.75 Å². The van der Waals surface area contributed by atoms with Crippen LogP contribution in [-0.2, 0) is 9.53 Å². The van der Waals surface area contributed by atoms with Crippen LogP contribution in [0.4, 0.5) is 4.39 Å². The number of ether oxygens (including phenoxy) is 2. The van der Waals surface area contributed by atoms with Crippen molar-refractivity contribution < 1.29 is 23.5 Å². The number of benzene rings is 3. The summed E-state index contributed by atoms with van der Waals surface area (Å²) in [6.45, 7) is -0.444. The molecule has 5 heteroatoms. The molecule has 0 aliphatic carbocycles. The molecular weight excluding hydrogens is 371 g/mol. The highest BCUT2D eigenvalue weighted by atomic mass is 19.1. The zero-order valence-electron chi connectivity index (χ0n) is 15.8. The lowest BCUT2D eigenvalue weighted by atomic mass is 10.0. The number of para-hydroxylation sites is 1. The van der Waals surface area contributed by atoms with Gasteiger partial charge in [-0.1, -0.05) is 48.5 Å². The van der Waals surface area contributed by atoms with E-state index in [1.165, 1.54) is 24.3 Å². The highest BCUT2D eigenvalue weighted by Gasteiger charge is 2.17. The molecule has 146 valence electrons. The molecule has 0 amide bonds. The van der Waals surface area contributed by atoms with Gasteiger partial charge in [-0.2, -0.15) is 0 Å². The summed E-state index contributed by atoms with van der Waals surface area (Å²) in [5.41, 5.74) is 1.92. The van der Waals surface area contributed by atoms with Gasteiger partial charge in [0, 0.05) is 11.1 Å². The Labute approximate surface area is 168 Å². The molecule has 3 rings (SSSR count).